The van der Waals surface area contributed by atoms with Gasteiger partial charge in [0.1, 0.15) is 0 Å². The molecule has 1 aromatic heterocycles. The van der Waals surface area contributed by atoms with Crippen LogP contribution in [0.15, 0.2) is 36.5 Å². The first kappa shape index (κ1) is 17.1. The molecule has 6 nitrogen and oxygen atoms in total. The highest BCUT2D eigenvalue weighted by Gasteiger charge is 2.16. The first-order valence-corrected chi connectivity index (χ1v) is 8.57. The van der Waals surface area contributed by atoms with Crippen molar-refractivity contribution in [2.45, 2.75) is 25.7 Å². The number of fused-ring (bicyclic) bond motifs is 1. The van der Waals surface area contributed by atoms with Gasteiger partial charge in [0.25, 0.3) is 5.91 Å². The van der Waals surface area contributed by atoms with E-state index >= 15 is 0 Å². The van der Waals surface area contributed by atoms with Crippen LogP contribution >= 0.6 is 0 Å². The number of carbonyl (C=O) groups excluding carboxylic acids is 2. The van der Waals surface area contributed by atoms with Gasteiger partial charge in [-0.15, -0.1) is 0 Å². The summed E-state index contributed by atoms with van der Waals surface area (Å²) in [6.45, 7) is 1.28. The summed E-state index contributed by atoms with van der Waals surface area (Å²) in [5.74, 6) is -0.688. The van der Waals surface area contributed by atoms with E-state index in [1.165, 1.54) is 12.2 Å². The molecule has 6 heteroatoms. The fraction of sp³-hybridized carbons (Fsp3) is 0.368. The third kappa shape index (κ3) is 4.86. The summed E-state index contributed by atoms with van der Waals surface area (Å²) in [7, 11) is 0. The van der Waals surface area contributed by atoms with Crippen LogP contribution in [0.5, 0.6) is 0 Å². The number of hydrogen-bond acceptors (Lipinski definition) is 5. The molecule has 1 fully saturated rings. The molecule has 0 saturated carbocycles. The smallest absolute Gasteiger partial charge is 0.331 e. The minimum absolute atomic E-state index is 0.130. The van der Waals surface area contributed by atoms with Crippen molar-refractivity contribution >= 4 is 29.0 Å². The SMILES string of the molecule is O=C(/C=C/c1cnc2ccccc2n1)OCC(=O)N1CCCCCC1. The topological polar surface area (TPSA) is 72.4 Å². The van der Waals surface area contributed by atoms with Crippen LogP contribution in [-0.4, -0.2) is 46.4 Å². The molecule has 1 aliphatic heterocycles. The first-order valence-electron chi connectivity index (χ1n) is 8.57. The van der Waals surface area contributed by atoms with E-state index in [-0.39, 0.29) is 12.5 Å². The molecule has 1 saturated heterocycles. The van der Waals surface area contributed by atoms with Crippen molar-refractivity contribution in [2.75, 3.05) is 19.7 Å². The van der Waals surface area contributed by atoms with E-state index in [1.807, 2.05) is 24.3 Å². The molecule has 0 N–H and O–H groups in total. The molecule has 1 aliphatic rings. The molecule has 0 atom stereocenters. The number of carbonyl (C=O) groups is 2. The Morgan fingerprint density at radius 1 is 1.08 bits per heavy atom. The van der Waals surface area contributed by atoms with Gasteiger partial charge in [0.05, 0.1) is 22.9 Å². The Morgan fingerprint density at radius 2 is 1.80 bits per heavy atom. The van der Waals surface area contributed by atoms with Crippen LogP contribution in [0.1, 0.15) is 31.4 Å². The van der Waals surface area contributed by atoms with E-state index in [0.29, 0.717) is 5.69 Å². The van der Waals surface area contributed by atoms with Gasteiger partial charge >= 0.3 is 5.97 Å². The molecule has 130 valence electrons. The monoisotopic (exact) mass is 339 g/mol. The number of hydrogen-bond donors (Lipinski definition) is 0. The van der Waals surface area contributed by atoms with Gasteiger partial charge in [0.2, 0.25) is 0 Å². The van der Waals surface area contributed by atoms with Gasteiger partial charge in [-0.1, -0.05) is 25.0 Å². The molecule has 3 rings (SSSR count). The largest absolute Gasteiger partial charge is 0.452 e. The Hall–Kier alpha value is -2.76. The van der Waals surface area contributed by atoms with Crippen molar-refractivity contribution < 1.29 is 14.3 Å². The number of benzene rings is 1. The van der Waals surface area contributed by atoms with Crippen LogP contribution < -0.4 is 0 Å². The molecule has 0 bridgehead atoms. The minimum atomic E-state index is -0.557. The van der Waals surface area contributed by atoms with Crippen LogP contribution in [0.4, 0.5) is 0 Å². The van der Waals surface area contributed by atoms with E-state index in [0.717, 1.165) is 49.8 Å². The van der Waals surface area contributed by atoms with Crippen molar-refractivity contribution in [1.82, 2.24) is 14.9 Å². The Morgan fingerprint density at radius 3 is 2.56 bits per heavy atom. The average Bonchev–Trinajstić information content (AvgIpc) is 2.94. The van der Waals surface area contributed by atoms with E-state index in [4.69, 9.17) is 4.74 Å². The highest BCUT2D eigenvalue weighted by molar-refractivity contribution is 5.89. The summed E-state index contributed by atoms with van der Waals surface area (Å²) in [6, 6.07) is 7.51. The Balaban J connectivity index is 1.52. The molecule has 0 aliphatic carbocycles. The number of para-hydroxylation sites is 2. The van der Waals surface area contributed by atoms with Gasteiger partial charge in [-0.2, -0.15) is 0 Å². The molecule has 2 heterocycles. The number of likely N-dealkylation sites (tertiary alicyclic amines) is 1. The van der Waals surface area contributed by atoms with E-state index in [9.17, 15) is 9.59 Å². The van der Waals surface area contributed by atoms with Gasteiger partial charge in [-0.3, -0.25) is 9.78 Å². The van der Waals surface area contributed by atoms with Crippen LogP contribution in [0.2, 0.25) is 0 Å². The Kier molecular flexibility index (Phi) is 5.72. The summed E-state index contributed by atoms with van der Waals surface area (Å²) in [5.41, 5.74) is 2.12. The lowest BCUT2D eigenvalue weighted by Gasteiger charge is -2.19. The maximum Gasteiger partial charge on any atom is 0.331 e. The molecule has 25 heavy (non-hydrogen) atoms. The lowest BCUT2D eigenvalue weighted by molar-refractivity contribution is -0.148. The molecule has 0 unspecified atom stereocenters. The van der Waals surface area contributed by atoms with Crippen molar-refractivity contribution in [3.8, 4) is 0 Å². The zero-order valence-electron chi connectivity index (χ0n) is 14.1. The predicted molar refractivity (Wildman–Crippen MR) is 94.6 cm³/mol. The molecule has 0 radical (unpaired) electrons. The lowest BCUT2D eigenvalue weighted by atomic mass is 10.2. The highest BCUT2D eigenvalue weighted by Crippen LogP contribution is 2.10. The third-order valence-electron chi connectivity index (χ3n) is 4.15. The maximum absolute atomic E-state index is 12.1. The quantitative estimate of drug-likeness (QED) is 0.632. The molecule has 0 spiro atoms. The van der Waals surface area contributed by atoms with Gasteiger partial charge in [0, 0.05) is 19.2 Å². The number of amides is 1. The fourth-order valence-electron chi connectivity index (χ4n) is 2.80. The van der Waals surface area contributed by atoms with Crippen LogP contribution in [0.3, 0.4) is 0 Å². The van der Waals surface area contributed by atoms with Gasteiger partial charge in [-0.25, -0.2) is 9.78 Å². The van der Waals surface area contributed by atoms with E-state index in [2.05, 4.69) is 9.97 Å². The standard InChI is InChI=1S/C19H21N3O3/c23-18(22-11-5-1-2-6-12-22)14-25-19(24)10-9-15-13-20-16-7-3-4-8-17(16)21-15/h3-4,7-10,13H,1-2,5-6,11-12,14H2/b10-9+. The molecule has 1 amide bonds. The van der Waals surface area contributed by atoms with E-state index < -0.39 is 5.97 Å². The molecular weight excluding hydrogens is 318 g/mol. The molecule has 1 aromatic carbocycles. The van der Waals surface area contributed by atoms with Crippen molar-refractivity contribution in [3.05, 3.63) is 42.2 Å². The second-order valence-electron chi connectivity index (χ2n) is 6.02. The predicted octanol–water partition coefficient (Wildman–Crippen LogP) is 2.59. The second-order valence-corrected chi connectivity index (χ2v) is 6.02. The van der Waals surface area contributed by atoms with Crippen LogP contribution in [0, 0.1) is 0 Å². The van der Waals surface area contributed by atoms with Crippen molar-refractivity contribution in [1.29, 1.82) is 0 Å². The number of esters is 1. The van der Waals surface area contributed by atoms with Crippen molar-refractivity contribution in [2.24, 2.45) is 0 Å². The summed E-state index contributed by atoms with van der Waals surface area (Å²) >= 11 is 0. The normalized spacial score (nSPS) is 15.3. The number of ether oxygens (including phenoxy) is 1. The summed E-state index contributed by atoms with van der Waals surface area (Å²) in [5, 5.41) is 0. The number of aromatic nitrogens is 2. The molecule has 2 aromatic rings. The summed E-state index contributed by atoms with van der Waals surface area (Å²) in [4.78, 5) is 34.3. The van der Waals surface area contributed by atoms with Crippen LogP contribution in [-0.2, 0) is 14.3 Å². The number of nitrogens with zero attached hydrogens (tertiary/aromatic N) is 3. The lowest BCUT2D eigenvalue weighted by Crippen LogP contribution is -2.35. The third-order valence-corrected chi connectivity index (χ3v) is 4.15. The Bertz CT molecular complexity index is 780. The zero-order valence-corrected chi connectivity index (χ0v) is 14.1. The maximum atomic E-state index is 12.1. The van der Waals surface area contributed by atoms with E-state index in [1.54, 1.807) is 11.1 Å². The average molecular weight is 339 g/mol. The van der Waals surface area contributed by atoms with Gasteiger partial charge < -0.3 is 9.64 Å². The number of rotatable bonds is 4. The fourth-order valence-corrected chi connectivity index (χ4v) is 2.80. The zero-order chi connectivity index (χ0) is 17.5. The van der Waals surface area contributed by atoms with Gasteiger partial charge in [0.15, 0.2) is 6.61 Å². The Labute approximate surface area is 146 Å². The van der Waals surface area contributed by atoms with Crippen molar-refractivity contribution in [3.63, 3.8) is 0 Å². The first-order chi connectivity index (χ1) is 12.2. The molecular formula is C19H21N3O3. The van der Waals surface area contributed by atoms with Crippen LogP contribution in [0.25, 0.3) is 17.1 Å². The minimum Gasteiger partial charge on any atom is -0.452 e. The summed E-state index contributed by atoms with van der Waals surface area (Å²) < 4.78 is 5.04. The highest BCUT2D eigenvalue weighted by atomic mass is 16.5. The summed E-state index contributed by atoms with van der Waals surface area (Å²) in [6.07, 6.45) is 8.74. The van der Waals surface area contributed by atoms with Gasteiger partial charge in [-0.05, 0) is 31.1 Å². The second kappa shape index (κ2) is 8.37.